The van der Waals surface area contributed by atoms with E-state index in [1.807, 2.05) is 12.1 Å². The van der Waals surface area contributed by atoms with Gasteiger partial charge in [-0.2, -0.15) is 0 Å². The first-order valence-corrected chi connectivity index (χ1v) is 9.45. The van der Waals surface area contributed by atoms with Crippen LogP contribution in [0, 0.1) is 10.1 Å². The minimum absolute atomic E-state index is 0.0154. The van der Waals surface area contributed by atoms with E-state index in [9.17, 15) is 19.7 Å². The minimum atomic E-state index is -1.24. The third kappa shape index (κ3) is 4.24. The van der Waals surface area contributed by atoms with Crippen molar-refractivity contribution in [2.45, 2.75) is 45.6 Å². The third-order valence-electron chi connectivity index (χ3n) is 4.73. The average molecular weight is 412 g/mol. The van der Waals surface area contributed by atoms with Crippen molar-refractivity contribution in [3.8, 4) is 5.75 Å². The number of fused-ring (bicyclic) bond motifs is 1. The molecule has 9 nitrogen and oxygen atoms in total. The largest absolute Gasteiger partial charge is 0.472 e. The van der Waals surface area contributed by atoms with Crippen LogP contribution < -0.4 is 15.0 Å². The van der Waals surface area contributed by atoms with E-state index in [1.165, 1.54) is 12.1 Å². The van der Waals surface area contributed by atoms with Gasteiger partial charge in [0.1, 0.15) is 6.54 Å². The number of hydrogen-bond donors (Lipinski definition) is 1. The molecule has 9 heteroatoms. The molecule has 2 amide bonds. The fourth-order valence-electron chi connectivity index (χ4n) is 3.08. The van der Waals surface area contributed by atoms with Crippen molar-refractivity contribution < 1.29 is 19.2 Å². The lowest BCUT2D eigenvalue weighted by molar-refractivity contribution is -0.389. The van der Waals surface area contributed by atoms with Gasteiger partial charge >= 0.3 is 5.82 Å². The summed E-state index contributed by atoms with van der Waals surface area (Å²) < 4.78 is 5.63. The first-order chi connectivity index (χ1) is 13.9. The number of nitrogens with one attached hydrogen (secondary N) is 1. The van der Waals surface area contributed by atoms with E-state index >= 15 is 0 Å². The molecule has 0 radical (unpaired) electrons. The van der Waals surface area contributed by atoms with Gasteiger partial charge in [0.15, 0.2) is 11.4 Å². The molecule has 1 aromatic carbocycles. The zero-order valence-corrected chi connectivity index (χ0v) is 17.6. The summed E-state index contributed by atoms with van der Waals surface area (Å²) in [6.07, 6.45) is 0. The minimum Gasteiger partial charge on any atom is -0.472 e. The molecule has 0 spiro atoms. The number of benzene rings is 1. The summed E-state index contributed by atoms with van der Waals surface area (Å²) >= 11 is 0. The maximum Gasteiger partial charge on any atom is 0.366 e. The first-order valence-electron chi connectivity index (χ1n) is 9.45. The van der Waals surface area contributed by atoms with Crippen molar-refractivity contribution in [2.75, 3.05) is 16.8 Å². The van der Waals surface area contributed by atoms with E-state index in [1.54, 1.807) is 26.0 Å². The Balaban J connectivity index is 1.84. The van der Waals surface area contributed by atoms with Crippen molar-refractivity contribution >= 4 is 29.1 Å². The van der Waals surface area contributed by atoms with Crippen LogP contribution >= 0.6 is 0 Å². The molecule has 0 unspecified atom stereocenters. The predicted octanol–water partition coefficient (Wildman–Crippen LogP) is 3.43. The van der Waals surface area contributed by atoms with Gasteiger partial charge < -0.3 is 20.2 Å². The predicted molar refractivity (Wildman–Crippen MR) is 112 cm³/mol. The van der Waals surface area contributed by atoms with Gasteiger partial charge in [0.2, 0.25) is 5.91 Å². The van der Waals surface area contributed by atoms with Crippen LogP contribution in [0.2, 0.25) is 0 Å². The number of pyridine rings is 1. The van der Waals surface area contributed by atoms with Gasteiger partial charge in [0.05, 0.1) is 0 Å². The molecule has 0 fully saturated rings. The Morgan fingerprint density at radius 2 is 1.83 bits per heavy atom. The molecular weight excluding hydrogens is 388 g/mol. The number of rotatable bonds is 4. The smallest absolute Gasteiger partial charge is 0.366 e. The molecule has 1 aromatic heterocycles. The molecule has 0 atom stereocenters. The first kappa shape index (κ1) is 21.2. The number of aromatic nitrogens is 1. The third-order valence-corrected chi connectivity index (χ3v) is 4.73. The fourth-order valence-corrected chi connectivity index (χ4v) is 3.08. The van der Waals surface area contributed by atoms with Gasteiger partial charge in [-0.15, -0.1) is 0 Å². The van der Waals surface area contributed by atoms with E-state index in [0.717, 1.165) is 10.5 Å². The van der Waals surface area contributed by atoms with Crippen LogP contribution in [0.1, 0.15) is 40.2 Å². The second-order valence-electron chi connectivity index (χ2n) is 8.63. The average Bonchev–Trinajstić information content (AvgIpc) is 2.64. The molecular formula is C21H24N4O5. The second-order valence-corrected chi connectivity index (χ2v) is 8.63. The van der Waals surface area contributed by atoms with Crippen LogP contribution in [-0.4, -0.2) is 33.9 Å². The Hall–Kier alpha value is -3.49. The molecule has 3 rings (SSSR count). The molecule has 2 aromatic rings. The summed E-state index contributed by atoms with van der Waals surface area (Å²) in [6.45, 7) is 9.06. The number of carbonyl (C=O) groups is 2. The van der Waals surface area contributed by atoms with Crippen molar-refractivity contribution in [1.29, 1.82) is 0 Å². The maximum absolute atomic E-state index is 12.8. The molecule has 0 saturated carbocycles. The molecule has 1 aliphatic heterocycles. The highest BCUT2D eigenvalue weighted by atomic mass is 16.6. The SMILES string of the molecule is CC1(C)Oc2ccc([N+](=O)[O-])nc2N(CC(=O)Nc2ccc(C(C)(C)C)cc2)C1=O. The molecule has 30 heavy (non-hydrogen) atoms. The summed E-state index contributed by atoms with van der Waals surface area (Å²) in [7, 11) is 0. The Morgan fingerprint density at radius 3 is 2.40 bits per heavy atom. The van der Waals surface area contributed by atoms with Gasteiger partial charge in [0.25, 0.3) is 11.7 Å². The van der Waals surface area contributed by atoms with E-state index in [0.29, 0.717) is 5.69 Å². The quantitative estimate of drug-likeness (QED) is 0.608. The summed E-state index contributed by atoms with van der Waals surface area (Å²) in [6, 6.07) is 10.0. The molecule has 158 valence electrons. The second kappa shape index (κ2) is 7.40. The van der Waals surface area contributed by atoms with Gasteiger partial charge in [-0.1, -0.05) is 32.9 Å². The number of nitro groups is 1. The van der Waals surface area contributed by atoms with Crippen LogP contribution in [0.5, 0.6) is 5.75 Å². The Kier molecular flexibility index (Phi) is 5.23. The van der Waals surface area contributed by atoms with E-state index in [-0.39, 0.29) is 23.5 Å². The normalized spacial score (nSPS) is 15.2. The van der Waals surface area contributed by atoms with E-state index < -0.39 is 28.2 Å². The molecule has 0 aliphatic carbocycles. The maximum atomic E-state index is 12.8. The summed E-state index contributed by atoms with van der Waals surface area (Å²) in [5, 5.41) is 13.8. The zero-order chi connectivity index (χ0) is 22.3. The van der Waals surface area contributed by atoms with E-state index in [4.69, 9.17) is 4.74 Å². The molecule has 0 bridgehead atoms. The van der Waals surface area contributed by atoms with Crippen LogP contribution in [0.25, 0.3) is 0 Å². The Bertz CT molecular complexity index is 1010. The molecule has 0 saturated heterocycles. The number of nitrogens with zero attached hydrogens (tertiary/aromatic N) is 3. The lowest BCUT2D eigenvalue weighted by atomic mass is 9.87. The highest BCUT2D eigenvalue weighted by Gasteiger charge is 2.45. The van der Waals surface area contributed by atoms with Crippen LogP contribution in [0.3, 0.4) is 0 Å². The molecule has 1 aliphatic rings. The number of anilines is 2. The zero-order valence-electron chi connectivity index (χ0n) is 17.6. The fraction of sp³-hybridized carbons (Fsp3) is 0.381. The van der Waals surface area contributed by atoms with Gasteiger partial charge in [-0.3, -0.25) is 14.5 Å². The number of amides is 2. The highest BCUT2D eigenvalue weighted by molar-refractivity contribution is 6.07. The van der Waals surface area contributed by atoms with Crippen LogP contribution in [-0.2, 0) is 15.0 Å². The lowest BCUT2D eigenvalue weighted by Crippen LogP contribution is -2.54. The highest BCUT2D eigenvalue weighted by Crippen LogP contribution is 2.37. The molecule has 1 N–H and O–H groups in total. The molecule has 2 heterocycles. The standard InChI is InChI=1S/C21H24N4O5/c1-20(2,3)13-6-8-14(9-7-13)22-17(26)12-24-18-15(30-21(4,5)19(24)27)10-11-16(23-18)25(28)29/h6-11H,12H2,1-5H3,(H,22,26). The van der Waals surface area contributed by atoms with Crippen LogP contribution in [0.4, 0.5) is 17.3 Å². The van der Waals surface area contributed by atoms with Gasteiger partial charge in [-0.05, 0) is 52.9 Å². The van der Waals surface area contributed by atoms with Crippen molar-refractivity contribution in [3.63, 3.8) is 0 Å². The number of carbonyl (C=O) groups excluding carboxylic acids is 2. The Morgan fingerprint density at radius 1 is 1.20 bits per heavy atom. The number of ether oxygens (including phenoxy) is 1. The monoisotopic (exact) mass is 412 g/mol. The van der Waals surface area contributed by atoms with E-state index in [2.05, 4.69) is 31.1 Å². The number of hydrogen-bond acceptors (Lipinski definition) is 6. The topological polar surface area (TPSA) is 115 Å². The summed E-state index contributed by atoms with van der Waals surface area (Å²) in [5.74, 6) is -1.25. The van der Waals surface area contributed by atoms with Gasteiger partial charge in [0, 0.05) is 11.8 Å². The summed E-state index contributed by atoms with van der Waals surface area (Å²) in [4.78, 5) is 40.9. The summed E-state index contributed by atoms with van der Waals surface area (Å²) in [5.41, 5.74) is 0.453. The van der Waals surface area contributed by atoms with Crippen molar-refractivity contribution in [2.24, 2.45) is 0 Å². The van der Waals surface area contributed by atoms with Crippen molar-refractivity contribution in [3.05, 3.63) is 52.1 Å². The van der Waals surface area contributed by atoms with Gasteiger partial charge in [-0.25, -0.2) is 0 Å². The lowest BCUT2D eigenvalue weighted by Gasteiger charge is -2.35. The Labute approximate surface area is 174 Å². The van der Waals surface area contributed by atoms with Crippen LogP contribution in [0.15, 0.2) is 36.4 Å². The van der Waals surface area contributed by atoms with Crippen molar-refractivity contribution in [1.82, 2.24) is 4.98 Å².